The van der Waals surface area contributed by atoms with E-state index < -0.39 is 24.4 Å². The first-order valence-corrected chi connectivity index (χ1v) is 12.6. The Morgan fingerprint density at radius 3 is 2.85 bits per heavy atom. The highest BCUT2D eigenvalue weighted by Gasteiger charge is 2.30. The molecule has 208 valence electrons. The molecule has 4 N–H and O–H groups in total. The first-order chi connectivity index (χ1) is 19.2. The van der Waals surface area contributed by atoms with Crippen molar-refractivity contribution in [3.63, 3.8) is 0 Å². The van der Waals surface area contributed by atoms with Crippen LogP contribution in [0.4, 0.5) is 10.3 Å². The summed E-state index contributed by atoms with van der Waals surface area (Å²) < 4.78 is 19.0. The molecule has 2 aliphatic rings. The molecule has 5 rings (SSSR count). The predicted molar refractivity (Wildman–Crippen MR) is 145 cm³/mol. The highest BCUT2D eigenvalue weighted by molar-refractivity contribution is 6.33. The molecule has 0 radical (unpaired) electrons. The van der Waals surface area contributed by atoms with Crippen LogP contribution in [0.3, 0.4) is 0 Å². The molecule has 0 aliphatic carbocycles. The van der Waals surface area contributed by atoms with Crippen molar-refractivity contribution in [2.75, 3.05) is 39.2 Å². The minimum atomic E-state index is -0.877. The summed E-state index contributed by atoms with van der Waals surface area (Å²) >= 11 is 6.39. The SMILES string of the molecule is COc1cc(F)cc([C@@H](CO)NC(=O)CN2Cc3ccc(-c4nc(NC5=NN(C)NC5)ncc4Cl)cc3C2=O)c1. The van der Waals surface area contributed by atoms with Crippen LogP contribution in [0, 0.1) is 5.82 Å². The van der Waals surface area contributed by atoms with Crippen molar-refractivity contribution < 1.29 is 23.8 Å². The topological polar surface area (TPSA) is 144 Å². The van der Waals surface area contributed by atoms with E-state index in [-0.39, 0.29) is 24.7 Å². The van der Waals surface area contributed by atoms with Crippen molar-refractivity contribution in [1.82, 2.24) is 30.7 Å². The highest BCUT2D eigenvalue weighted by Crippen LogP contribution is 2.31. The van der Waals surface area contributed by atoms with E-state index in [0.29, 0.717) is 45.7 Å². The Bertz CT molecular complexity index is 1500. The molecule has 2 amide bonds. The number of halogens is 2. The summed E-state index contributed by atoms with van der Waals surface area (Å²) in [6.07, 6.45) is 1.47. The van der Waals surface area contributed by atoms with Gasteiger partial charge >= 0.3 is 0 Å². The Labute approximate surface area is 233 Å². The van der Waals surface area contributed by atoms with Gasteiger partial charge in [-0.15, -0.1) is 5.10 Å². The lowest BCUT2D eigenvalue weighted by Crippen LogP contribution is -2.40. The van der Waals surface area contributed by atoms with Gasteiger partial charge in [-0.05, 0) is 29.3 Å². The number of methoxy groups -OCH3 is 1. The van der Waals surface area contributed by atoms with Crippen LogP contribution in [0.25, 0.3) is 11.3 Å². The molecule has 0 saturated heterocycles. The number of rotatable bonds is 8. The third-order valence-electron chi connectivity index (χ3n) is 6.39. The molecule has 0 unspecified atom stereocenters. The Hall–Kier alpha value is -4.33. The average Bonchev–Trinajstić information content (AvgIpc) is 3.49. The van der Waals surface area contributed by atoms with Crippen LogP contribution in [0.5, 0.6) is 5.75 Å². The summed E-state index contributed by atoms with van der Waals surface area (Å²) in [7, 11) is 3.16. The number of carbonyl (C=O) groups is 2. The zero-order valence-corrected chi connectivity index (χ0v) is 22.4. The van der Waals surface area contributed by atoms with Crippen LogP contribution >= 0.6 is 11.6 Å². The van der Waals surface area contributed by atoms with E-state index in [9.17, 15) is 19.1 Å². The number of nitrogens with one attached hydrogen (secondary N) is 3. The Morgan fingerprint density at radius 1 is 1.30 bits per heavy atom. The molecule has 2 aliphatic heterocycles. The molecule has 3 aromatic rings. The standard InChI is InChI=1S/C26H26ClFN8O4/c1-35-30-10-22(34-35)32-26-29-9-20(27)24(33-26)14-3-4-15-11-36(25(39)19(15)7-14)12-23(38)31-21(13-37)16-5-17(28)8-18(6-16)40-2/h3-9,21,30,37H,10-13H2,1-2H3,(H,31,38)(H,29,32,33,34)/t21-/m1/s1. The Morgan fingerprint density at radius 2 is 2.12 bits per heavy atom. The number of aromatic nitrogens is 2. The number of anilines is 1. The highest BCUT2D eigenvalue weighted by atomic mass is 35.5. The zero-order valence-electron chi connectivity index (χ0n) is 21.6. The van der Waals surface area contributed by atoms with Crippen LogP contribution in [0.2, 0.25) is 5.02 Å². The van der Waals surface area contributed by atoms with Crippen molar-refractivity contribution in [1.29, 1.82) is 0 Å². The predicted octanol–water partition coefficient (Wildman–Crippen LogP) is 1.93. The van der Waals surface area contributed by atoms with Gasteiger partial charge in [0.1, 0.15) is 23.9 Å². The smallest absolute Gasteiger partial charge is 0.254 e. The van der Waals surface area contributed by atoms with Gasteiger partial charge < -0.3 is 25.4 Å². The van der Waals surface area contributed by atoms with E-state index in [1.54, 1.807) is 30.4 Å². The van der Waals surface area contributed by atoms with Gasteiger partial charge in [0, 0.05) is 30.8 Å². The summed E-state index contributed by atoms with van der Waals surface area (Å²) in [6, 6.07) is 8.33. The quantitative estimate of drug-likeness (QED) is 0.320. The van der Waals surface area contributed by atoms with E-state index in [1.807, 2.05) is 0 Å². The number of fused-ring (bicyclic) bond motifs is 1. The minimum absolute atomic E-state index is 0.226. The van der Waals surface area contributed by atoms with Crippen LogP contribution in [0.1, 0.15) is 27.5 Å². The number of aliphatic hydroxyl groups excluding tert-OH is 1. The number of amidine groups is 1. The maximum atomic E-state index is 13.9. The van der Waals surface area contributed by atoms with Crippen molar-refractivity contribution in [2.24, 2.45) is 5.10 Å². The molecule has 3 heterocycles. The summed E-state index contributed by atoms with van der Waals surface area (Å²) in [5.74, 6) is -0.214. The molecule has 12 nitrogen and oxygen atoms in total. The van der Waals surface area contributed by atoms with Crippen LogP contribution in [-0.2, 0) is 11.3 Å². The summed E-state index contributed by atoms with van der Waals surface area (Å²) in [4.78, 5) is 36.1. The van der Waals surface area contributed by atoms with E-state index in [4.69, 9.17) is 16.3 Å². The number of carbonyl (C=O) groups excluding carboxylic acids is 2. The van der Waals surface area contributed by atoms with E-state index in [1.165, 1.54) is 36.4 Å². The number of hydrazine groups is 1. The Kier molecular flexibility index (Phi) is 7.78. The zero-order chi connectivity index (χ0) is 28.4. The van der Waals surface area contributed by atoms with E-state index in [0.717, 1.165) is 5.56 Å². The van der Waals surface area contributed by atoms with Crippen molar-refractivity contribution >= 4 is 35.2 Å². The first-order valence-electron chi connectivity index (χ1n) is 12.3. The number of hydrogen-bond donors (Lipinski definition) is 4. The van der Waals surface area contributed by atoms with E-state index in [2.05, 4.69) is 31.1 Å². The third-order valence-corrected chi connectivity index (χ3v) is 6.67. The number of hydrogen-bond acceptors (Lipinski definition) is 10. The van der Waals surface area contributed by atoms with Gasteiger partial charge in [0.25, 0.3) is 5.91 Å². The van der Waals surface area contributed by atoms with Crippen molar-refractivity contribution in [2.45, 2.75) is 12.6 Å². The number of amides is 2. The number of benzene rings is 2. The second kappa shape index (κ2) is 11.4. The lowest BCUT2D eigenvalue weighted by molar-refractivity contribution is -0.122. The molecule has 1 atom stereocenters. The molecule has 0 bridgehead atoms. The molecule has 0 spiro atoms. The van der Waals surface area contributed by atoms with Gasteiger partial charge in [0.05, 0.1) is 43.2 Å². The van der Waals surface area contributed by atoms with Crippen molar-refractivity contribution in [3.05, 3.63) is 70.1 Å². The molecular formula is C26H26ClFN8O4. The average molecular weight is 569 g/mol. The van der Waals surface area contributed by atoms with Gasteiger partial charge in [-0.3, -0.25) is 9.59 Å². The molecule has 0 fully saturated rings. The fourth-order valence-electron chi connectivity index (χ4n) is 4.46. The van der Waals surface area contributed by atoms with Gasteiger partial charge in [-0.2, -0.15) is 0 Å². The monoisotopic (exact) mass is 568 g/mol. The minimum Gasteiger partial charge on any atom is -0.497 e. The molecule has 2 aromatic carbocycles. The van der Waals surface area contributed by atoms with Crippen LogP contribution < -0.4 is 20.8 Å². The molecule has 1 aromatic heterocycles. The van der Waals surface area contributed by atoms with Gasteiger partial charge in [0.2, 0.25) is 11.9 Å². The van der Waals surface area contributed by atoms with Crippen LogP contribution in [0.15, 0.2) is 47.7 Å². The van der Waals surface area contributed by atoms with Crippen molar-refractivity contribution in [3.8, 4) is 17.0 Å². The second-order valence-electron chi connectivity index (χ2n) is 9.18. The lowest BCUT2D eigenvalue weighted by atomic mass is 10.0. The molecular weight excluding hydrogens is 543 g/mol. The summed E-state index contributed by atoms with van der Waals surface area (Å²) in [5.41, 5.74) is 5.56. The van der Waals surface area contributed by atoms with E-state index >= 15 is 0 Å². The number of aliphatic hydroxyl groups is 1. The van der Waals surface area contributed by atoms with Gasteiger partial charge in [-0.1, -0.05) is 23.7 Å². The van der Waals surface area contributed by atoms with Crippen LogP contribution in [-0.4, -0.2) is 76.6 Å². The second-order valence-corrected chi connectivity index (χ2v) is 9.59. The van der Waals surface area contributed by atoms with Gasteiger partial charge in [0.15, 0.2) is 0 Å². The summed E-state index contributed by atoms with van der Waals surface area (Å²) in [5, 5.41) is 21.6. The van der Waals surface area contributed by atoms with Gasteiger partial charge in [-0.25, -0.2) is 24.9 Å². The number of ether oxygens (including phenoxy) is 1. The summed E-state index contributed by atoms with van der Waals surface area (Å²) in [6.45, 7) is -0.000142. The number of hydrazone groups is 1. The lowest BCUT2D eigenvalue weighted by Gasteiger charge is -2.20. The first kappa shape index (κ1) is 27.2. The third kappa shape index (κ3) is 5.81. The number of nitrogens with zero attached hydrogens (tertiary/aromatic N) is 5. The maximum Gasteiger partial charge on any atom is 0.254 e. The molecule has 40 heavy (non-hydrogen) atoms. The molecule has 0 saturated carbocycles. The maximum absolute atomic E-state index is 13.9. The molecule has 14 heteroatoms. The fraction of sp³-hybridized carbons (Fsp3) is 0.269. The Balaban J connectivity index is 1.28. The normalized spacial score (nSPS) is 15.1. The fourth-order valence-corrected chi connectivity index (χ4v) is 4.66. The largest absolute Gasteiger partial charge is 0.497 e.